The highest BCUT2D eigenvalue weighted by Crippen LogP contribution is 2.24. The first-order chi connectivity index (χ1) is 13.4. The summed E-state index contributed by atoms with van der Waals surface area (Å²) in [7, 11) is 0. The van der Waals surface area contributed by atoms with Crippen LogP contribution in [0.25, 0.3) is 0 Å². The third-order valence-corrected chi connectivity index (χ3v) is 5.01. The van der Waals surface area contributed by atoms with Crippen molar-refractivity contribution in [2.45, 2.75) is 25.7 Å². The number of amides is 3. The second kappa shape index (κ2) is 8.77. The summed E-state index contributed by atoms with van der Waals surface area (Å²) in [5.74, 6) is -1.31. The highest BCUT2D eigenvalue weighted by Gasteiger charge is 2.23. The Hall–Kier alpha value is -3.03. The molecule has 8 heteroatoms. The number of nitrogens with one attached hydrogen (secondary N) is 1. The Labute approximate surface area is 161 Å². The second-order valence-corrected chi connectivity index (χ2v) is 6.93. The van der Waals surface area contributed by atoms with E-state index in [-0.39, 0.29) is 11.7 Å². The van der Waals surface area contributed by atoms with Crippen molar-refractivity contribution in [1.29, 1.82) is 0 Å². The van der Waals surface area contributed by atoms with Gasteiger partial charge in [-0.05, 0) is 55.4 Å². The maximum atomic E-state index is 13.7. The van der Waals surface area contributed by atoms with Crippen LogP contribution in [0.4, 0.5) is 19.3 Å². The number of nitrogens with two attached hydrogens (primary N) is 1. The van der Waals surface area contributed by atoms with E-state index in [4.69, 9.17) is 5.73 Å². The molecular weight excluding hydrogens is 366 g/mol. The minimum Gasteiger partial charge on any atom is -0.364 e. The van der Waals surface area contributed by atoms with Crippen molar-refractivity contribution in [1.82, 2.24) is 9.88 Å². The molecule has 1 aromatic heterocycles. The SMILES string of the molecule is NC(=O)c1ccc(NC(=O)N2CCC(CCc3ccc(F)cc3F)CC2)cn1. The normalized spacial score (nSPS) is 14.7. The molecule has 6 nitrogen and oxygen atoms in total. The number of hydrogen-bond acceptors (Lipinski definition) is 3. The van der Waals surface area contributed by atoms with Crippen LogP contribution in [0.15, 0.2) is 36.5 Å². The number of aryl methyl sites for hydroxylation is 1. The van der Waals surface area contributed by atoms with Crippen LogP contribution in [0, 0.1) is 17.6 Å². The van der Waals surface area contributed by atoms with Gasteiger partial charge in [-0.2, -0.15) is 0 Å². The third kappa shape index (κ3) is 5.03. The van der Waals surface area contributed by atoms with Gasteiger partial charge in [-0.1, -0.05) is 6.07 Å². The number of likely N-dealkylation sites (tertiary alicyclic amines) is 1. The van der Waals surface area contributed by atoms with E-state index in [0.29, 0.717) is 36.7 Å². The molecular formula is C20H22F2N4O2. The Morgan fingerprint density at radius 2 is 1.93 bits per heavy atom. The molecule has 28 heavy (non-hydrogen) atoms. The predicted octanol–water partition coefficient (Wildman–Crippen LogP) is 3.34. The molecule has 2 heterocycles. The molecule has 0 radical (unpaired) electrons. The molecule has 1 aromatic carbocycles. The smallest absolute Gasteiger partial charge is 0.321 e. The lowest BCUT2D eigenvalue weighted by molar-refractivity contribution is 0.0995. The Kier molecular flexibility index (Phi) is 6.18. The summed E-state index contributed by atoms with van der Waals surface area (Å²) < 4.78 is 26.7. The summed E-state index contributed by atoms with van der Waals surface area (Å²) in [4.78, 5) is 29.0. The molecule has 1 fully saturated rings. The maximum Gasteiger partial charge on any atom is 0.321 e. The van der Waals surface area contributed by atoms with Gasteiger partial charge in [-0.3, -0.25) is 4.79 Å². The number of primary amides is 1. The minimum absolute atomic E-state index is 0.136. The van der Waals surface area contributed by atoms with Crippen LogP contribution in [0.3, 0.4) is 0 Å². The van der Waals surface area contributed by atoms with Crippen molar-refractivity contribution in [2.24, 2.45) is 11.7 Å². The molecule has 1 saturated heterocycles. The van der Waals surface area contributed by atoms with Gasteiger partial charge in [0, 0.05) is 19.2 Å². The lowest BCUT2D eigenvalue weighted by Gasteiger charge is -2.32. The van der Waals surface area contributed by atoms with Crippen LogP contribution < -0.4 is 11.1 Å². The zero-order valence-corrected chi connectivity index (χ0v) is 15.3. The summed E-state index contributed by atoms with van der Waals surface area (Å²) in [6.07, 6.45) is 4.41. The number of anilines is 1. The van der Waals surface area contributed by atoms with Crippen LogP contribution in [-0.2, 0) is 6.42 Å². The molecule has 0 bridgehead atoms. The van der Waals surface area contributed by atoms with E-state index in [1.165, 1.54) is 24.4 Å². The lowest BCUT2D eigenvalue weighted by atomic mass is 9.90. The zero-order valence-electron chi connectivity index (χ0n) is 15.3. The number of urea groups is 1. The Balaban J connectivity index is 1.45. The Morgan fingerprint density at radius 1 is 1.18 bits per heavy atom. The van der Waals surface area contributed by atoms with Gasteiger partial charge in [0.2, 0.25) is 0 Å². The fourth-order valence-electron chi connectivity index (χ4n) is 3.32. The van der Waals surface area contributed by atoms with E-state index >= 15 is 0 Å². The first-order valence-electron chi connectivity index (χ1n) is 9.18. The van der Waals surface area contributed by atoms with Gasteiger partial charge in [0.1, 0.15) is 17.3 Å². The summed E-state index contributed by atoms with van der Waals surface area (Å²) in [6.45, 7) is 1.21. The summed E-state index contributed by atoms with van der Waals surface area (Å²) >= 11 is 0. The molecule has 148 valence electrons. The fourth-order valence-corrected chi connectivity index (χ4v) is 3.32. The number of rotatable bonds is 5. The number of nitrogens with zero attached hydrogens (tertiary/aromatic N) is 2. The Bertz CT molecular complexity index is 850. The van der Waals surface area contributed by atoms with Gasteiger partial charge in [-0.15, -0.1) is 0 Å². The number of hydrogen-bond donors (Lipinski definition) is 2. The number of carbonyl (C=O) groups excluding carboxylic acids is 2. The van der Waals surface area contributed by atoms with Crippen LogP contribution in [0.1, 0.15) is 35.3 Å². The number of halogens is 2. The van der Waals surface area contributed by atoms with Crippen molar-refractivity contribution in [3.63, 3.8) is 0 Å². The average molecular weight is 388 g/mol. The third-order valence-electron chi connectivity index (χ3n) is 5.01. The molecule has 3 rings (SSSR count). The van der Waals surface area contributed by atoms with Crippen LogP contribution in [0.5, 0.6) is 0 Å². The van der Waals surface area contributed by atoms with E-state index in [0.717, 1.165) is 25.3 Å². The molecule has 0 aliphatic carbocycles. The quantitative estimate of drug-likeness (QED) is 0.823. The summed E-state index contributed by atoms with van der Waals surface area (Å²) in [6, 6.07) is 6.48. The van der Waals surface area contributed by atoms with Crippen molar-refractivity contribution in [3.05, 3.63) is 59.4 Å². The van der Waals surface area contributed by atoms with Crippen LogP contribution in [0.2, 0.25) is 0 Å². The monoisotopic (exact) mass is 388 g/mol. The van der Waals surface area contributed by atoms with Crippen LogP contribution in [-0.4, -0.2) is 34.9 Å². The van der Waals surface area contributed by atoms with Crippen molar-refractivity contribution in [2.75, 3.05) is 18.4 Å². The van der Waals surface area contributed by atoms with Gasteiger partial charge in [0.05, 0.1) is 11.9 Å². The topological polar surface area (TPSA) is 88.3 Å². The highest BCUT2D eigenvalue weighted by atomic mass is 19.1. The van der Waals surface area contributed by atoms with E-state index in [9.17, 15) is 18.4 Å². The number of carbonyl (C=O) groups is 2. The first-order valence-corrected chi connectivity index (χ1v) is 9.18. The fraction of sp³-hybridized carbons (Fsp3) is 0.350. The average Bonchev–Trinajstić information content (AvgIpc) is 2.68. The Morgan fingerprint density at radius 3 is 2.54 bits per heavy atom. The van der Waals surface area contributed by atoms with Gasteiger partial charge < -0.3 is 16.0 Å². The number of pyridine rings is 1. The van der Waals surface area contributed by atoms with E-state index < -0.39 is 17.5 Å². The first kappa shape index (κ1) is 19.7. The lowest BCUT2D eigenvalue weighted by Crippen LogP contribution is -2.41. The molecule has 1 aliphatic rings. The largest absolute Gasteiger partial charge is 0.364 e. The van der Waals surface area contributed by atoms with E-state index in [2.05, 4.69) is 10.3 Å². The molecule has 0 atom stereocenters. The van der Waals surface area contributed by atoms with Crippen molar-refractivity contribution >= 4 is 17.6 Å². The molecule has 0 spiro atoms. The van der Waals surface area contributed by atoms with Crippen molar-refractivity contribution < 1.29 is 18.4 Å². The molecule has 1 aliphatic heterocycles. The standard InChI is InChI=1S/C20H22F2N4O2/c21-15-4-3-14(17(22)11-15)2-1-13-7-9-26(10-8-13)20(28)25-16-5-6-18(19(23)27)24-12-16/h3-6,11-13H,1-2,7-10H2,(H2,23,27)(H,25,28). The van der Waals surface area contributed by atoms with Crippen molar-refractivity contribution in [3.8, 4) is 0 Å². The van der Waals surface area contributed by atoms with Gasteiger partial charge in [0.25, 0.3) is 5.91 Å². The summed E-state index contributed by atoms with van der Waals surface area (Å²) in [5, 5.41) is 2.75. The minimum atomic E-state index is -0.625. The second-order valence-electron chi connectivity index (χ2n) is 6.93. The van der Waals surface area contributed by atoms with Crippen LogP contribution >= 0.6 is 0 Å². The number of benzene rings is 1. The number of aromatic nitrogens is 1. The van der Waals surface area contributed by atoms with Gasteiger partial charge in [0.15, 0.2) is 0 Å². The highest BCUT2D eigenvalue weighted by molar-refractivity contribution is 5.92. The van der Waals surface area contributed by atoms with E-state index in [1.807, 2.05) is 0 Å². The molecule has 0 unspecified atom stereocenters. The summed E-state index contributed by atoms with van der Waals surface area (Å²) in [5.41, 5.74) is 6.28. The molecule has 3 N–H and O–H groups in total. The van der Waals surface area contributed by atoms with Gasteiger partial charge >= 0.3 is 6.03 Å². The molecule has 2 aromatic rings. The maximum absolute atomic E-state index is 13.7. The zero-order chi connectivity index (χ0) is 20.1. The number of piperidine rings is 1. The predicted molar refractivity (Wildman–Crippen MR) is 101 cm³/mol. The molecule has 0 saturated carbocycles. The van der Waals surface area contributed by atoms with Gasteiger partial charge in [-0.25, -0.2) is 18.6 Å². The molecule has 3 amide bonds. The van der Waals surface area contributed by atoms with E-state index in [1.54, 1.807) is 11.0 Å².